The summed E-state index contributed by atoms with van der Waals surface area (Å²) in [5, 5.41) is 16.0. The number of piperidine rings is 1. The third-order valence-corrected chi connectivity index (χ3v) is 4.52. The first-order valence-corrected chi connectivity index (χ1v) is 9.20. The van der Waals surface area contributed by atoms with E-state index in [0.29, 0.717) is 12.3 Å². The molecule has 0 amide bonds. The maximum Gasteiger partial charge on any atom is 0.191 e. The summed E-state index contributed by atoms with van der Waals surface area (Å²) in [5.41, 5.74) is 1.09. The van der Waals surface area contributed by atoms with Gasteiger partial charge in [0.05, 0.1) is 6.54 Å². The second kappa shape index (κ2) is 10.2. The Hall–Kier alpha value is -1.75. The molecule has 0 unspecified atom stereocenters. The van der Waals surface area contributed by atoms with Crippen LogP contribution in [0.2, 0.25) is 0 Å². The van der Waals surface area contributed by atoms with Gasteiger partial charge in [-0.1, -0.05) is 19.1 Å². The second-order valence-corrected chi connectivity index (χ2v) is 6.67. The maximum absolute atomic E-state index is 9.32. The molecule has 1 fully saturated rings. The molecule has 134 valence electrons. The van der Waals surface area contributed by atoms with E-state index >= 15 is 0 Å². The molecular weight excluding hydrogens is 300 g/mol. The highest BCUT2D eigenvalue weighted by Crippen LogP contribution is 2.15. The number of guanidine groups is 1. The van der Waals surface area contributed by atoms with Gasteiger partial charge >= 0.3 is 0 Å². The highest BCUT2D eigenvalue weighted by atomic mass is 16.3. The molecule has 1 aliphatic rings. The molecular formula is C19H32N4O. The normalized spacial score (nSPS) is 17.0. The molecule has 0 saturated carbocycles. The smallest absolute Gasteiger partial charge is 0.191 e. The zero-order valence-electron chi connectivity index (χ0n) is 15.1. The standard InChI is InChI=1S/C19H32N4O/c1-3-20-19(22-15-17-5-7-18(24)8-6-17)21-11-4-12-23-13-9-16(2)10-14-23/h5-8,16,24H,3-4,9-15H2,1-2H3,(H2,20,21,22). The Morgan fingerprint density at radius 2 is 1.92 bits per heavy atom. The Morgan fingerprint density at radius 1 is 1.21 bits per heavy atom. The number of benzene rings is 1. The van der Waals surface area contributed by atoms with E-state index in [-0.39, 0.29) is 0 Å². The molecule has 0 aliphatic carbocycles. The molecule has 1 aliphatic heterocycles. The molecule has 0 spiro atoms. The van der Waals surface area contributed by atoms with Crippen LogP contribution in [0.3, 0.4) is 0 Å². The lowest BCUT2D eigenvalue weighted by Gasteiger charge is -2.30. The van der Waals surface area contributed by atoms with E-state index in [2.05, 4.69) is 34.4 Å². The van der Waals surface area contributed by atoms with Crippen molar-refractivity contribution in [3.05, 3.63) is 29.8 Å². The molecule has 0 radical (unpaired) electrons. The fourth-order valence-corrected chi connectivity index (χ4v) is 2.91. The molecule has 24 heavy (non-hydrogen) atoms. The van der Waals surface area contributed by atoms with E-state index in [0.717, 1.165) is 43.5 Å². The minimum atomic E-state index is 0.292. The van der Waals surface area contributed by atoms with Crippen LogP contribution in [0.1, 0.15) is 38.7 Å². The molecule has 3 N–H and O–H groups in total. The van der Waals surface area contributed by atoms with Gasteiger partial charge in [-0.3, -0.25) is 0 Å². The van der Waals surface area contributed by atoms with Gasteiger partial charge in [-0.2, -0.15) is 0 Å². The van der Waals surface area contributed by atoms with Crippen LogP contribution in [0, 0.1) is 5.92 Å². The topological polar surface area (TPSA) is 59.9 Å². The Balaban J connectivity index is 1.70. The number of phenols is 1. The van der Waals surface area contributed by atoms with Crippen molar-refractivity contribution in [3.8, 4) is 5.75 Å². The molecule has 0 aromatic heterocycles. The van der Waals surface area contributed by atoms with Crippen LogP contribution >= 0.6 is 0 Å². The summed E-state index contributed by atoms with van der Waals surface area (Å²) in [6, 6.07) is 7.20. The lowest BCUT2D eigenvalue weighted by atomic mass is 9.99. The summed E-state index contributed by atoms with van der Waals surface area (Å²) >= 11 is 0. The first-order chi connectivity index (χ1) is 11.7. The van der Waals surface area contributed by atoms with Crippen molar-refractivity contribution in [2.24, 2.45) is 10.9 Å². The summed E-state index contributed by atoms with van der Waals surface area (Å²) in [6.07, 6.45) is 3.81. The highest BCUT2D eigenvalue weighted by Gasteiger charge is 2.14. The average Bonchev–Trinajstić information content (AvgIpc) is 2.59. The van der Waals surface area contributed by atoms with Crippen LogP contribution in [0.5, 0.6) is 5.75 Å². The van der Waals surface area contributed by atoms with Crippen LogP contribution in [0.4, 0.5) is 0 Å². The van der Waals surface area contributed by atoms with Crippen molar-refractivity contribution in [3.63, 3.8) is 0 Å². The molecule has 2 rings (SSSR count). The minimum absolute atomic E-state index is 0.292. The van der Waals surface area contributed by atoms with Gasteiger partial charge in [0.15, 0.2) is 5.96 Å². The Labute approximate surface area is 146 Å². The van der Waals surface area contributed by atoms with Crippen LogP contribution in [-0.4, -0.2) is 48.7 Å². The van der Waals surface area contributed by atoms with E-state index < -0.39 is 0 Å². The van der Waals surface area contributed by atoms with Crippen LogP contribution in [0.25, 0.3) is 0 Å². The van der Waals surface area contributed by atoms with E-state index in [1.54, 1.807) is 12.1 Å². The Morgan fingerprint density at radius 3 is 2.58 bits per heavy atom. The minimum Gasteiger partial charge on any atom is -0.508 e. The van der Waals surface area contributed by atoms with Crippen molar-refractivity contribution in [2.75, 3.05) is 32.7 Å². The molecule has 1 saturated heterocycles. The van der Waals surface area contributed by atoms with Gasteiger partial charge in [0.1, 0.15) is 5.75 Å². The number of rotatable bonds is 7. The third-order valence-electron chi connectivity index (χ3n) is 4.52. The zero-order chi connectivity index (χ0) is 17.2. The van der Waals surface area contributed by atoms with E-state index in [9.17, 15) is 5.11 Å². The highest BCUT2D eigenvalue weighted by molar-refractivity contribution is 5.79. The predicted molar refractivity (Wildman–Crippen MR) is 100 cm³/mol. The SMILES string of the molecule is CCNC(=NCc1ccc(O)cc1)NCCCN1CCC(C)CC1. The number of nitrogens with one attached hydrogen (secondary N) is 2. The maximum atomic E-state index is 9.32. The van der Waals surface area contributed by atoms with Crippen molar-refractivity contribution < 1.29 is 5.11 Å². The number of aliphatic imine (C=N–C) groups is 1. The monoisotopic (exact) mass is 332 g/mol. The number of likely N-dealkylation sites (tertiary alicyclic amines) is 1. The number of hydrogen-bond donors (Lipinski definition) is 3. The third kappa shape index (κ3) is 6.79. The van der Waals surface area contributed by atoms with E-state index in [1.807, 2.05) is 12.1 Å². The zero-order valence-corrected chi connectivity index (χ0v) is 15.1. The average molecular weight is 332 g/mol. The van der Waals surface area contributed by atoms with Gasteiger partial charge in [0, 0.05) is 13.1 Å². The van der Waals surface area contributed by atoms with E-state index in [1.165, 1.54) is 25.9 Å². The van der Waals surface area contributed by atoms with Crippen molar-refractivity contribution in [2.45, 2.75) is 39.7 Å². The summed E-state index contributed by atoms with van der Waals surface area (Å²) in [7, 11) is 0. The summed E-state index contributed by atoms with van der Waals surface area (Å²) in [5.74, 6) is 2.05. The number of nitrogens with zero attached hydrogens (tertiary/aromatic N) is 2. The lowest BCUT2D eigenvalue weighted by molar-refractivity contribution is 0.191. The van der Waals surface area contributed by atoms with Gasteiger partial charge in [-0.15, -0.1) is 0 Å². The molecule has 1 aromatic rings. The van der Waals surface area contributed by atoms with Gasteiger partial charge in [0.25, 0.3) is 0 Å². The number of hydrogen-bond acceptors (Lipinski definition) is 3. The van der Waals surface area contributed by atoms with Gasteiger partial charge in [-0.25, -0.2) is 4.99 Å². The van der Waals surface area contributed by atoms with Gasteiger partial charge in [0.2, 0.25) is 0 Å². The Kier molecular flexibility index (Phi) is 7.89. The van der Waals surface area contributed by atoms with Gasteiger partial charge < -0.3 is 20.6 Å². The van der Waals surface area contributed by atoms with Crippen molar-refractivity contribution in [1.82, 2.24) is 15.5 Å². The number of aromatic hydroxyl groups is 1. The lowest BCUT2D eigenvalue weighted by Crippen LogP contribution is -2.39. The van der Waals surface area contributed by atoms with Crippen LogP contribution in [-0.2, 0) is 6.54 Å². The summed E-state index contributed by atoms with van der Waals surface area (Å²) < 4.78 is 0. The fraction of sp³-hybridized carbons (Fsp3) is 0.632. The largest absolute Gasteiger partial charge is 0.508 e. The Bertz CT molecular complexity index is 493. The van der Waals surface area contributed by atoms with E-state index in [4.69, 9.17) is 0 Å². The van der Waals surface area contributed by atoms with Crippen LogP contribution in [0.15, 0.2) is 29.3 Å². The first kappa shape index (κ1) is 18.6. The fourth-order valence-electron chi connectivity index (χ4n) is 2.91. The first-order valence-electron chi connectivity index (χ1n) is 9.20. The van der Waals surface area contributed by atoms with Crippen molar-refractivity contribution >= 4 is 5.96 Å². The molecule has 0 bridgehead atoms. The van der Waals surface area contributed by atoms with Crippen molar-refractivity contribution in [1.29, 1.82) is 0 Å². The predicted octanol–water partition coefficient (Wildman–Crippen LogP) is 2.57. The second-order valence-electron chi connectivity index (χ2n) is 6.67. The summed E-state index contributed by atoms with van der Waals surface area (Å²) in [4.78, 5) is 7.18. The molecule has 0 atom stereocenters. The van der Waals surface area contributed by atoms with Gasteiger partial charge in [-0.05, 0) is 69.4 Å². The molecule has 1 aromatic carbocycles. The molecule has 5 heteroatoms. The molecule has 5 nitrogen and oxygen atoms in total. The van der Waals surface area contributed by atoms with Crippen LogP contribution < -0.4 is 10.6 Å². The quantitative estimate of drug-likeness (QED) is 0.408. The number of phenolic OH excluding ortho intramolecular Hbond substituents is 1. The summed E-state index contributed by atoms with van der Waals surface area (Å²) in [6.45, 7) is 10.5. The molecule has 1 heterocycles.